The third kappa shape index (κ3) is 5.10. The zero-order valence-electron chi connectivity index (χ0n) is 17.1. The van der Waals surface area contributed by atoms with Crippen molar-refractivity contribution in [2.75, 3.05) is 23.3 Å². The Labute approximate surface area is 181 Å². The van der Waals surface area contributed by atoms with Gasteiger partial charge >= 0.3 is 5.97 Å². The molecule has 0 unspecified atom stereocenters. The highest BCUT2D eigenvalue weighted by Crippen LogP contribution is 2.22. The van der Waals surface area contributed by atoms with Crippen LogP contribution in [-0.2, 0) is 14.8 Å². The fourth-order valence-electron chi connectivity index (χ4n) is 2.84. The first-order chi connectivity index (χ1) is 14.8. The van der Waals surface area contributed by atoms with Crippen LogP contribution in [0.3, 0.4) is 0 Å². The van der Waals surface area contributed by atoms with E-state index in [-0.39, 0.29) is 17.1 Å². The molecule has 3 aromatic carbocycles. The van der Waals surface area contributed by atoms with Gasteiger partial charge in [-0.3, -0.25) is 9.10 Å². The summed E-state index contributed by atoms with van der Waals surface area (Å²) in [6.07, 6.45) is 0. The van der Waals surface area contributed by atoms with Gasteiger partial charge in [-0.15, -0.1) is 0 Å². The van der Waals surface area contributed by atoms with Crippen molar-refractivity contribution >= 4 is 33.3 Å². The Morgan fingerprint density at radius 3 is 2.23 bits per heavy atom. The summed E-state index contributed by atoms with van der Waals surface area (Å²) in [6, 6.07) is 20.7. The summed E-state index contributed by atoms with van der Waals surface area (Å²) in [7, 11) is -2.38. The first-order valence-corrected chi connectivity index (χ1v) is 11.0. The fraction of sp³-hybridized carbons (Fsp3) is 0.130. The van der Waals surface area contributed by atoms with Crippen molar-refractivity contribution in [1.29, 1.82) is 0 Å². The quantitative estimate of drug-likeness (QED) is 0.564. The normalized spacial score (nSPS) is 10.9. The number of hydrogen-bond acceptors (Lipinski definition) is 5. The van der Waals surface area contributed by atoms with Crippen molar-refractivity contribution in [3.8, 4) is 0 Å². The number of ether oxygens (including phenoxy) is 1. The van der Waals surface area contributed by atoms with Crippen LogP contribution in [0, 0.1) is 0 Å². The number of rotatable bonds is 7. The average Bonchev–Trinajstić information content (AvgIpc) is 2.79. The van der Waals surface area contributed by atoms with Crippen molar-refractivity contribution in [3.05, 3.63) is 90.0 Å². The van der Waals surface area contributed by atoms with Crippen LogP contribution in [0.1, 0.15) is 27.6 Å². The number of sulfonamides is 1. The van der Waals surface area contributed by atoms with Gasteiger partial charge in [0.15, 0.2) is 0 Å². The monoisotopic (exact) mass is 438 g/mol. The van der Waals surface area contributed by atoms with Crippen molar-refractivity contribution in [1.82, 2.24) is 0 Å². The second kappa shape index (κ2) is 9.44. The summed E-state index contributed by atoms with van der Waals surface area (Å²) >= 11 is 0. The van der Waals surface area contributed by atoms with Crippen LogP contribution in [-0.4, -0.2) is 33.9 Å². The van der Waals surface area contributed by atoms with Crippen LogP contribution >= 0.6 is 0 Å². The van der Waals surface area contributed by atoms with E-state index in [2.05, 4.69) is 5.32 Å². The molecule has 0 bridgehead atoms. The topological polar surface area (TPSA) is 92.8 Å². The first-order valence-electron chi connectivity index (χ1n) is 9.55. The summed E-state index contributed by atoms with van der Waals surface area (Å²) in [4.78, 5) is 24.4. The molecule has 0 aliphatic heterocycles. The van der Waals surface area contributed by atoms with Gasteiger partial charge in [0.1, 0.15) is 0 Å². The SMILES string of the molecule is CCOC(=O)c1ccc(NC(=O)c2cccc(S(=O)(=O)N(C)c3ccccc3)c2)cc1. The number of carbonyl (C=O) groups excluding carboxylic acids is 2. The summed E-state index contributed by atoms with van der Waals surface area (Å²) in [5, 5.41) is 2.70. The van der Waals surface area contributed by atoms with Gasteiger partial charge in [0.2, 0.25) is 0 Å². The number of hydrogen-bond donors (Lipinski definition) is 1. The molecular formula is C23H22N2O5S. The molecule has 1 amide bonds. The lowest BCUT2D eigenvalue weighted by atomic mass is 10.2. The molecule has 0 aliphatic carbocycles. The largest absolute Gasteiger partial charge is 0.462 e. The van der Waals surface area contributed by atoms with Crippen LogP contribution in [0.15, 0.2) is 83.8 Å². The van der Waals surface area contributed by atoms with Crippen molar-refractivity contribution < 1.29 is 22.7 Å². The molecule has 0 aliphatic rings. The van der Waals surface area contributed by atoms with Gasteiger partial charge in [-0.25, -0.2) is 13.2 Å². The number of para-hydroxylation sites is 1. The number of carbonyl (C=O) groups is 2. The van der Waals surface area contributed by atoms with Gasteiger partial charge in [-0.2, -0.15) is 0 Å². The standard InChI is InChI=1S/C23H22N2O5S/c1-3-30-23(27)17-12-14-19(15-13-17)24-22(26)18-8-7-11-21(16-18)31(28,29)25(2)20-9-5-4-6-10-20/h4-16H,3H2,1-2H3,(H,24,26). The number of amides is 1. The molecule has 31 heavy (non-hydrogen) atoms. The van der Waals surface area contributed by atoms with E-state index in [1.54, 1.807) is 61.5 Å². The molecule has 0 saturated carbocycles. The smallest absolute Gasteiger partial charge is 0.338 e. The van der Waals surface area contributed by atoms with E-state index < -0.39 is 21.9 Å². The number of anilines is 2. The van der Waals surface area contributed by atoms with Gasteiger partial charge in [0.05, 0.1) is 22.8 Å². The van der Waals surface area contributed by atoms with Crippen molar-refractivity contribution in [2.24, 2.45) is 0 Å². The molecular weight excluding hydrogens is 416 g/mol. The number of nitrogens with one attached hydrogen (secondary N) is 1. The molecule has 1 N–H and O–H groups in total. The minimum Gasteiger partial charge on any atom is -0.462 e. The van der Waals surface area contributed by atoms with Gasteiger partial charge in [0.25, 0.3) is 15.9 Å². The Morgan fingerprint density at radius 1 is 0.903 bits per heavy atom. The fourth-order valence-corrected chi connectivity index (χ4v) is 4.08. The van der Waals surface area contributed by atoms with E-state index in [1.807, 2.05) is 0 Å². The van der Waals surface area contributed by atoms with E-state index in [9.17, 15) is 18.0 Å². The van der Waals surface area contributed by atoms with E-state index in [0.29, 0.717) is 16.9 Å². The maximum Gasteiger partial charge on any atom is 0.338 e. The lowest BCUT2D eigenvalue weighted by Crippen LogP contribution is -2.26. The molecule has 8 heteroatoms. The van der Waals surface area contributed by atoms with Crippen LogP contribution in [0.4, 0.5) is 11.4 Å². The molecule has 0 atom stereocenters. The molecule has 0 fully saturated rings. The van der Waals surface area contributed by atoms with Crippen LogP contribution in [0.2, 0.25) is 0 Å². The molecule has 3 aromatic rings. The van der Waals surface area contributed by atoms with Crippen molar-refractivity contribution in [3.63, 3.8) is 0 Å². The van der Waals surface area contributed by atoms with E-state index in [0.717, 1.165) is 4.31 Å². The highest BCUT2D eigenvalue weighted by Gasteiger charge is 2.22. The number of benzene rings is 3. The van der Waals surface area contributed by atoms with E-state index >= 15 is 0 Å². The van der Waals surface area contributed by atoms with Crippen molar-refractivity contribution in [2.45, 2.75) is 11.8 Å². The van der Waals surface area contributed by atoms with Gasteiger partial charge < -0.3 is 10.1 Å². The second-order valence-corrected chi connectivity index (χ2v) is 8.56. The van der Waals surface area contributed by atoms with E-state index in [4.69, 9.17) is 4.74 Å². The Bertz CT molecular complexity index is 1180. The molecule has 160 valence electrons. The molecule has 0 spiro atoms. The minimum atomic E-state index is -3.84. The third-order valence-corrected chi connectivity index (χ3v) is 6.31. The predicted molar refractivity (Wildman–Crippen MR) is 119 cm³/mol. The zero-order valence-corrected chi connectivity index (χ0v) is 17.9. The van der Waals surface area contributed by atoms with Gasteiger partial charge in [-0.1, -0.05) is 24.3 Å². The maximum atomic E-state index is 13.0. The Morgan fingerprint density at radius 2 is 1.58 bits per heavy atom. The molecule has 0 heterocycles. The zero-order chi connectivity index (χ0) is 22.4. The molecule has 0 saturated heterocycles. The number of esters is 1. The highest BCUT2D eigenvalue weighted by molar-refractivity contribution is 7.92. The first kappa shape index (κ1) is 22.0. The Kier molecular flexibility index (Phi) is 6.71. The summed E-state index contributed by atoms with van der Waals surface area (Å²) in [5.74, 6) is -0.913. The maximum absolute atomic E-state index is 13.0. The van der Waals surface area contributed by atoms with Crippen LogP contribution in [0.5, 0.6) is 0 Å². The molecule has 0 aromatic heterocycles. The second-order valence-electron chi connectivity index (χ2n) is 6.59. The highest BCUT2D eigenvalue weighted by atomic mass is 32.2. The Balaban J connectivity index is 1.78. The van der Waals surface area contributed by atoms with Crippen LogP contribution < -0.4 is 9.62 Å². The molecule has 0 radical (unpaired) electrons. The average molecular weight is 439 g/mol. The summed E-state index contributed by atoms with van der Waals surface area (Å²) < 4.78 is 32.0. The molecule has 7 nitrogen and oxygen atoms in total. The lowest BCUT2D eigenvalue weighted by Gasteiger charge is -2.19. The molecule has 3 rings (SSSR count). The number of nitrogens with zero attached hydrogens (tertiary/aromatic N) is 1. The summed E-state index contributed by atoms with van der Waals surface area (Å²) in [5.41, 5.74) is 1.54. The van der Waals surface area contributed by atoms with Gasteiger partial charge in [-0.05, 0) is 61.5 Å². The Hall–Kier alpha value is -3.65. The summed E-state index contributed by atoms with van der Waals surface area (Å²) in [6.45, 7) is 1.99. The minimum absolute atomic E-state index is 0.00385. The van der Waals surface area contributed by atoms with Crippen LogP contribution in [0.25, 0.3) is 0 Å². The van der Waals surface area contributed by atoms with Gasteiger partial charge in [0, 0.05) is 18.3 Å². The third-order valence-electron chi connectivity index (χ3n) is 4.53. The lowest BCUT2D eigenvalue weighted by molar-refractivity contribution is 0.0526. The predicted octanol–water partition coefficient (Wildman–Crippen LogP) is 3.94. The van der Waals surface area contributed by atoms with E-state index in [1.165, 1.54) is 31.3 Å².